The van der Waals surface area contributed by atoms with Crippen molar-refractivity contribution in [2.75, 3.05) is 4.72 Å². The van der Waals surface area contributed by atoms with E-state index in [-0.39, 0.29) is 16.1 Å². The Morgan fingerprint density at radius 2 is 1.96 bits per heavy atom. The van der Waals surface area contributed by atoms with E-state index in [4.69, 9.17) is 5.26 Å². The van der Waals surface area contributed by atoms with Gasteiger partial charge < -0.3 is 4.98 Å². The van der Waals surface area contributed by atoms with Gasteiger partial charge in [-0.3, -0.25) is 4.72 Å². The van der Waals surface area contributed by atoms with E-state index in [1.165, 1.54) is 18.3 Å². The van der Waals surface area contributed by atoms with Crippen molar-refractivity contribution in [1.29, 1.82) is 5.26 Å². The number of H-pyrrole nitrogens is 1. The van der Waals surface area contributed by atoms with Crippen molar-refractivity contribution in [3.8, 4) is 6.07 Å². The number of aromatic nitrogens is 1. The maximum absolute atomic E-state index is 14.0. The van der Waals surface area contributed by atoms with Gasteiger partial charge >= 0.3 is 0 Å². The van der Waals surface area contributed by atoms with Gasteiger partial charge in [0.2, 0.25) is 0 Å². The zero-order chi connectivity index (χ0) is 18.2. The Bertz CT molecular complexity index is 1100. The highest BCUT2D eigenvalue weighted by molar-refractivity contribution is 7.93. The number of fused-ring (bicyclic) bond motifs is 1. The lowest BCUT2D eigenvalue weighted by atomic mass is 10.0. The second-order valence-electron chi connectivity index (χ2n) is 6.02. The fraction of sp³-hybridized carbons (Fsp3) is 0.167. The lowest BCUT2D eigenvalue weighted by molar-refractivity contribution is 0.599. The molecule has 0 aliphatic heterocycles. The van der Waals surface area contributed by atoms with Gasteiger partial charge in [0, 0.05) is 17.1 Å². The summed E-state index contributed by atoms with van der Waals surface area (Å²) in [6.07, 6.45) is 1.39. The van der Waals surface area contributed by atoms with Gasteiger partial charge in [-0.1, -0.05) is 26.0 Å². The molecule has 5 nitrogen and oxygen atoms in total. The molecule has 128 valence electrons. The third-order valence-electron chi connectivity index (χ3n) is 3.97. The third kappa shape index (κ3) is 3.21. The highest BCUT2D eigenvalue weighted by Gasteiger charge is 2.21. The monoisotopic (exact) mass is 357 g/mol. The Labute approximate surface area is 145 Å². The van der Waals surface area contributed by atoms with E-state index in [1.54, 1.807) is 12.1 Å². The quantitative estimate of drug-likeness (QED) is 0.737. The van der Waals surface area contributed by atoms with E-state index in [2.05, 4.69) is 23.6 Å². The van der Waals surface area contributed by atoms with Crippen LogP contribution in [0.1, 0.15) is 30.9 Å². The van der Waals surface area contributed by atoms with Crippen LogP contribution < -0.4 is 4.72 Å². The molecule has 2 aromatic carbocycles. The van der Waals surface area contributed by atoms with Crippen LogP contribution in [0.15, 0.2) is 47.5 Å². The number of hydrogen-bond acceptors (Lipinski definition) is 3. The number of halogens is 1. The van der Waals surface area contributed by atoms with Crippen molar-refractivity contribution in [3.63, 3.8) is 0 Å². The van der Waals surface area contributed by atoms with Crippen LogP contribution in [0.4, 0.5) is 10.1 Å². The molecule has 3 aromatic rings. The molecule has 0 saturated carbocycles. The molecule has 1 aromatic heterocycles. The van der Waals surface area contributed by atoms with Crippen LogP contribution >= 0.6 is 0 Å². The first-order valence-electron chi connectivity index (χ1n) is 7.65. The van der Waals surface area contributed by atoms with Gasteiger partial charge in [-0.25, -0.2) is 12.8 Å². The number of hydrogen-bond donors (Lipinski definition) is 2. The van der Waals surface area contributed by atoms with Gasteiger partial charge in [-0.2, -0.15) is 5.26 Å². The summed E-state index contributed by atoms with van der Waals surface area (Å²) >= 11 is 0. The van der Waals surface area contributed by atoms with Crippen molar-refractivity contribution in [1.82, 2.24) is 4.98 Å². The molecule has 0 amide bonds. The molecule has 0 aliphatic carbocycles. The van der Waals surface area contributed by atoms with Gasteiger partial charge in [0.15, 0.2) is 0 Å². The molecular formula is C18H16FN3O2S. The number of benzene rings is 2. The van der Waals surface area contributed by atoms with Gasteiger partial charge in [-0.05, 0) is 35.7 Å². The molecule has 3 rings (SSSR count). The minimum absolute atomic E-state index is 0.0431. The summed E-state index contributed by atoms with van der Waals surface area (Å²) in [5.74, 6) is -0.483. The first-order chi connectivity index (χ1) is 11.8. The number of rotatable bonds is 4. The highest BCUT2D eigenvalue weighted by atomic mass is 32.2. The number of nitriles is 1. The molecular weight excluding hydrogens is 341 g/mol. The largest absolute Gasteiger partial charge is 0.360 e. The number of sulfonamides is 1. The summed E-state index contributed by atoms with van der Waals surface area (Å²) in [5.41, 5.74) is 1.71. The predicted octanol–water partition coefficient (Wildman–Crippen LogP) is 4.10. The predicted molar refractivity (Wildman–Crippen MR) is 94.3 cm³/mol. The summed E-state index contributed by atoms with van der Waals surface area (Å²) in [7, 11) is -3.98. The first-order valence-corrected chi connectivity index (χ1v) is 9.13. The van der Waals surface area contributed by atoms with Crippen LogP contribution in [0.25, 0.3) is 10.9 Å². The van der Waals surface area contributed by atoms with Crippen LogP contribution in [0.3, 0.4) is 0 Å². The summed E-state index contributed by atoms with van der Waals surface area (Å²) in [6.45, 7) is 4.11. The zero-order valence-electron chi connectivity index (χ0n) is 13.7. The van der Waals surface area contributed by atoms with E-state index < -0.39 is 15.8 Å². The topological polar surface area (TPSA) is 85.8 Å². The van der Waals surface area contributed by atoms with Gasteiger partial charge in [0.1, 0.15) is 10.7 Å². The molecule has 0 fully saturated rings. The summed E-state index contributed by atoms with van der Waals surface area (Å²) < 4.78 is 41.5. The van der Waals surface area contributed by atoms with Gasteiger partial charge in [-0.15, -0.1) is 0 Å². The molecule has 7 heteroatoms. The average Bonchev–Trinajstić information content (AvgIpc) is 3.00. The lowest BCUT2D eigenvalue weighted by Gasteiger charge is -2.09. The van der Waals surface area contributed by atoms with Gasteiger partial charge in [0.05, 0.1) is 17.3 Å². The molecule has 2 N–H and O–H groups in total. The maximum atomic E-state index is 14.0. The molecule has 0 spiro atoms. The minimum Gasteiger partial charge on any atom is -0.360 e. The van der Waals surface area contributed by atoms with Crippen molar-refractivity contribution in [2.45, 2.75) is 24.7 Å². The van der Waals surface area contributed by atoms with Crippen LogP contribution in [0.2, 0.25) is 0 Å². The van der Waals surface area contributed by atoms with E-state index in [0.29, 0.717) is 16.8 Å². The fourth-order valence-corrected chi connectivity index (χ4v) is 3.81. The third-order valence-corrected chi connectivity index (χ3v) is 5.37. The van der Waals surface area contributed by atoms with E-state index >= 15 is 0 Å². The maximum Gasteiger partial charge on any atom is 0.264 e. The van der Waals surface area contributed by atoms with E-state index in [9.17, 15) is 12.8 Å². The van der Waals surface area contributed by atoms with Crippen LogP contribution in [0, 0.1) is 17.1 Å². The van der Waals surface area contributed by atoms with E-state index in [1.807, 2.05) is 12.1 Å². The Balaban J connectivity index is 2.01. The van der Waals surface area contributed by atoms with Crippen molar-refractivity contribution in [2.24, 2.45) is 0 Å². The van der Waals surface area contributed by atoms with Crippen LogP contribution in [-0.2, 0) is 10.0 Å². The molecule has 0 saturated heterocycles. The molecule has 1 heterocycles. The Kier molecular flexibility index (Phi) is 4.23. The van der Waals surface area contributed by atoms with Crippen molar-refractivity contribution >= 4 is 26.6 Å². The van der Waals surface area contributed by atoms with E-state index in [0.717, 1.165) is 11.6 Å². The van der Waals surface area contributed by atoms with Crippen molar-refractivity contribution in [3.05, 3.63) is 59.5 Å². The first kappa shape index (κ1) is 17.0. The molecule has 0 aliphatic rings. The molecule has 25 heavy (non-hydrogen) atoms. The van der Waals surface area contributed by atoms with Crippen LogP contribution in [-0.4, -0.2) is 13.4 Å². The average molecular weight is 357 g/mol. The fourth-order valence-electron chi connectivity index (χ4n) is 2.57. The summed E-state index contributed by atoms with van der Waals surface area (Å²) in [4.78, 5) is 3.00. The smallest absolute Gasteiger partial charge is 0.264 e. The molecule has 0 atom stereocenters. The summed E-state index contributed by atoms with van der Waals surface area (Å²) in [6, 6.07) is 10.9. The normalized spacial score (nSPS) is 11.6. The Morgan fingerprint density at radius 3 is 2.60 bits per heavy atom. The second-order valence-corrected chi connectivity index (χ2v) is 7.68. The second kappa shape index (κ2) is 6.22. The molecule has 0 bridgehead atoms. The zero-order valence-corrected chi connectivity index (χ0v) is 14.5. The Morgan fingerprint density at radius 1 is 1.20 bits per heavy atom. The molecule has 0 unspecified atom stereocenters. The lowest BCUT2D eigenvalue weighted by Crippen LogP contribution is -2.13. The summed E-state index contributed by atoms with van der Waals surface area (Å²) in [5, 5.41) is 9.29. The minimum atomic E-state index is -3.98. The number of anilines is 1. The molecule has 0 radical (unpaired) electrons. The number of nitrogens with zero attached hydrogens (tertiary/aromatic N) is 1. The Hall–Kier alpha value is -2.85. The number of aromatic amines is 1. The standard InChI is InChI=1S/C18H16FN3O2S/c1-11(2)13-4-5-14-17(8-13)21-10-18(14)25(23,24)22-16-6-3-12(9-20)7-15(16)19/h3-8,10-11,21-22H,1-2H3. The SMILES string of the molecule is CC(C)c1ccc2c(S(=O)(=O)Nc3ccc(C#N)cc3F)c[nH]c2c1. The van der Waals surface area contributed by atoms with Crippen molar-refractivity contribution < 1.29 is 12.8 Å². The number of nitrogens with one attached hydrogen (secondary N) is 2. The van der Waals surface area contributed by atoms with Gasteiger partial charge in [0.25, 0.3) is 10.0 Å². The highest BCUT2D eigenvalue weighted by Crippen LogP contribution is 2.28. The van der Waals surface area contributed by atoms with Crippen LogP contribution in [0.5, 0.6) is 0 Å².